The first-order valence-electron chi connectivity index (χ1n) is 34.2. The number of nitrogens with zero attached hydrogens (tertiary/aromatic N) is 1. The van der Waals surface area contributed by atoms with Crippen LogP contribution in [0, 0.1) is 0 Å². The summed E-state index contributed by atoms with van der Waals surface area (Å²) in [6, 6.07) is -0.895. The van der Waals surface area contributed by atoms with E-state index in [1.807, 2.05) is 33.3 Å². The van der Waals surface area contributed by atoms with Gasteiger partial charge >= 0.3 is 5.97 Å². The predicted octanol–water partition coefficient (Wildman–Crippen LogP) is 20.9. The number of esters is 1. The lowest BCUT2D eigenvalue weighted by Crippen LogP contribution is -2.47. The second kappa shape index (κ2) is 60.6. The number of ether oxygens (including phenoxy) is 1. The third-order valence-corrected chi connectivity index (χ3v) is 16.1. The summed E-state index contributed by atoms with van der Waals surface area (Å²) in [6.07, 6.45) is 78.7. The van der Waals surface area contributed by atoms with Crippen molar-refractivity contribution in [3.05, 3.63) is 72.9 Å². The highest BCUT2D eigenvalue weighted by atomic mass is 31.2. The van der Waals surface area contributed by atoms with E-state index in [0.717, 1.165) is 89.9 Å². The van der Waals surface area contributed by atoms with Crippen LogP contribution in [-0.4, -0.2) is 69.4 Å². The molecule has 1 amide bonds. The lowest BCUT2D eigenvalue weighted by atomic mass is 10.0. The Labute approximate surface area is 502 Å². The molecular weight excluding hydrogens is 1020 g/mol. The Bertz CT molecular complexity index is 1620. The highest BCUT2D eigenvalue weighted by Gasteiger charge is 2.27. The van der Waals surface area contributed by atoms with Crippen molar-refractivity contribution in [2.45, 2.75) is 328 Å². The molecule has 0 aromatic heterocycles. The molecule has 0 saturated carbocycles. The summed E-state index contributed by atoms with van der Waals surface area (Å²) >= 11 is 0. The van der Waals surface area contributed by atoms with E-state index in [0.29, 0.717) is 17.4 Å². The van der Waals surface area contributed by atoms with Gasteiger partial charge in [0.15, 0.2) is 0 Å². The van der Waals surface area contributed by atoms with E-state index in [2.05, 4.69) is 86.8 Å². The molecule has 0 aromatic rings. The Morgan fingerprint density at radius 3 is 1.15 bits per heavy atom. The standard InChI is InChI=1S/C71H131N2O7P/c1-7-10-13-16-19-22-25-28-30-32-33-34-35-36-37-38-39-41-42-45-48-51-54-57-60-63-70(74)72-68(67-79-81(76,77)78-66-65-73(4,5)6)69(62-59-56-53-50-47-44-27-24-21-18-15-12-9-3)80-71(75)64-61-58-55-52-49-46-43-40-31-29-26-23-20-17-14-11-8-2/h19-20,22-23,28-31,33-34,59,62,68-69H,7-18,21,24-27,32,35-58,60-61,63-67H2,1-6H3,(H-,72,74,76,77)/b22-19-,23-20-,30-28-,31-29-,34-33-,62-59-. The normalized spacial score (nSPS) is 14.0. The molecule has 472 valence electrons. The zero-order valence-electron chi connectivity index (χ0n) is 54.0. The van der Waals surface area contributed by atoms with E-state index in [-0.39, 0.29) is 24.9 Å². The smallest absolute Gasteiger partial charge is 0.306 e. The van der Waals surface area contributed by atoms with Crippen molar-refractivity contribution >= 4 is 19.7 Å². The maximum Gasteiger partial charge on any atom is 0.306 e. The van der Waals surface area contributed by atoms with Gasteiger partial charge in [0.05, 0.1) is 33.8 Å². The van der Waals surface area contributed by atoms with Crippen molar-refractivity contribution in [1.29, 1.82) is 0 Å². The van der Waals surface area contributed by atoms with Crippen LogP contribution in [0.3, 0.4) is 0 Å². The van der Waals surface area contributed by atoms with Crippen LogP contribution < -0.4 is 10.2 Å². The molecule has 0 rings (SSSR count). The predicted molar refractivity (Wildman–Crippen MR) is 348 cm³/mol. The fraction of sp³-hybridized carbons (Fsp3) is 0.803. The molecule has 0 fully saturated rings. The van der Waals surface area contributed by atoms with Crippen LogP contribution in [0.4, 0.5) is 0 Å². The molecule has 0 heterocycles. The zero-order chi connectivity index (χ0) is 59.3. The number of nitrogens with one attached hydrogen (secondary N) is 1. The number of rotatable bonds is 62. The topological polar surface area (TPSA) is 114 Å². The Morgan fingerprint density at radius 2 is 0.753 bits per heavy atom. The largest absolute Gasteiger partial charge is 0.756 e. The zero-order valence-corrected chi connectivity index (χ0v) is 54.9. The summed E-state index contributed by atoms with van der Waals surface area (Å²) in [4.78, 5) is 40.1. The highest BCUT2D eigenvalue weighted by molar-refractivity contribution is 7.45. The fourth-order valence-electron chi connectivity index (χ4n) is 9.80. The van der Waals surface area contributed by atoms with E-state index in [9.17, 15) is 19.0 Å². The number of hydrogen-bond acceptors (Lipinski definition) is 7. The molecule has 0 aromatic carbocycles. The Morgan fingerprint density at radius 1 is 0.432 bits per heavy atom. The van der Waals surface area contributed by atoms with Gasteiger partial charge in [0.2, 0.25) is 5.91 Å². The van der Waals surface area contributed by atoms with Gasteiger partial charge in [-0.15, -0.1) is 0 Å². The van der Waals surface area contributed by atoms with Crippen molar-refractivity contribution < 1.29 is 37.3 Å². The van der Waals surface area contributed by atoms with E-state index >= 15 is 0 Å². The number of unbranched alkanes of at least 4 members (excludes halogenated alkanes) is 36. The van der Waals surface area contributed by atoms with Gasteiger partial charge in [-0.05, 0) is 102 Å². The summed E-state index contributed by atoms with van der Waals surface area (Å²) in [6.45, 7) is 6.81. The minimum atomic E-state index is -4.71. The third-order valence-electron chi connectivity index (χ3n) is 15.1. The van der Waals surface area contributed by atoms with Crippen molar-refractivity contribution in [3.8, 4) is 0 Å². The Balaban J connectivity index is 5.13. The second-order valence-electron chi connectivity index (χ2n) is 24.3. The number of likely N-dealkylation sites (N-methyl/N-ethyl adjacent to an activating group) is 1. The molecule has 9 nitrogen and oxygen atoms in total. The number of phosphoric acid groups is 1. The van der Waals surface area contributed by atoms with Crippen LogP contribution >= 0.6 is 7.82 Å². The molecule has 3 atom stereocenters. The summed E-state index contributed by atoms with van der Waals surface area (Å²) in [5.74, 6) is -0.545. The fourth-order valence-corrected chi connectivity index (χ4v) is 10.5. The van der Waals surface area contributed by atoms with Crippen LogP contribution in [0.25, 0.3) is 0 Å². The number of carbonyl (C=O) groups is 2. The van der Waals surface area contributed by atoms with Gasteiger partial charge in [0.25, 0.3) is 7.82 Å². The maximum absolute atomic E-state index is 13.6. The Kier molecular flexibility index (Phi) is 58.7. The number of allylic oxidation sites excluding steroid dienone is 11. The van der Waals surface area contributed by atoms with Gasteiger partial charge < -0.3 is 28.5 Å². The molecule has 3 unspecified atom stereocenters. The lowest BCUT2D eigenvalue weighted by molar-refractivity contribution is -0.870. The summed E-state index contributed by atoms with van der Waals surface area (Å²) in [5.41, 5.74) is 0. The summed E-state index contributed by atoms with van der Waals surface area (Å²) in [5, 5.41) is 3.04. The van der Waals surface area contributed by atoms with Crippen LogP contribution in [0.1, 0.15) is 316 Å². The first kappa shape index (κ1) is 78.5. The molecule has 0 saturated heterocycles. The summed E-state index contributed by atoms with van der Waals surface area (Å²) in [7, 11) is 1.18. The van der Waals surface area contributed by atoms with Crippen molar-refractivity contribution in [3.63, 3.8) is 0 Å². The minimum Gasteiger partial charge on any atom is -0.756 e. The number of quaternary nitrogens is 1. The number of hydrogen-bond donors (Lipinski definition) is 1. The quantitative estimate of drug-likeness (QED) is 0.0212. The van der Waals surface area contributed by atoms with Gasteiger partial charge in [0.1, 0.15) is 19.3 Å². The lowest BCUT2D eigenvalue weighted by Gasteiger charge is -2.30. The van der Waals surface area contributed by atoms with Crippen LogP contribution in [0.5, 0.6) is 0 Å². The molecular formula is C71H131N2O7P. The minimum absolute atomic E-state index is 0.0253. The van der Waals surface area contributed by atoms with Gasteiger partial charge in [-0.25, -0.2) is 0 Å². The van der Waals surface area contributed by atoms with E-state index in [1.165, 1.54) is 193 Å². The SMILES string of the molecule is CCCCC/C=C\C/C=C\C/C=C\CCCCCCCCCCCCCCC(=O)NC(COP(=O)([O-])OCC[N+](C)(C)C)C(/C=C\CCCCCCCCCCCCC)OC(=O)CCCCCCCCC/C=C\C/C=C\CCCCC. The van der Waals surface area contributed by atoms with Crippen LogP contribution in [-0.2, 0) is 27.9 Å². The number of phosphoric ester groups is 1. The molecule has 0 radical (unpaired) electrons. The first-order valence-corrected chi connectivity index (χ1v) is 35.7. The molecule has 0 spiro atoms. The van der Waals surface area contributed by atoms with Crippen molar-refractivity contribution in [2.24, 2.45) is 0 Å². The van der Waals surface area contributed by atoms with E-state index in [4.69, 9.17) is 13.8 Å². The molecule has 0 aliphatic carbocycles. The average molecular weight is 1160 g/mol. The van der Waals surface area contributed by atoms with Gasteiger partial charge in [-0.1, -0.05) is 274 Å². The summed E-state index contributed by atoms with van der Waals surface area (Å²) < 4.78 is 30.4. The van der Waals surface area contributed by atoms with Crippen LogP contribution in [0.2, 0.25) is 0 Å². The Hall–Kier alpha value is -2.55. The molecule has 1 N–H and O–H groups in total. The monoisotopic (exact) mass is 1150 g/mol. The third kappa shape index (κ3) is 61.8. The highest BCUT2D eigenvalue weighted by Crippen LogP contribution is 2.38. The number of carbonyl (C=O) groups excluding carboxylic acids is 2. The van der Waals surface area contributed by atoms with Crippen LogP contribution in [0.15, 0.2) is 72.9 Å². The first-order chi connectivity index (χ1) is 39.4. The maximum atomic E-state index is 13.6. The molecule has 0 aliphatic rings. The van der Waals surface area contributed by atoms with Crippen molar-refractivity contribution in [1.82, 2.24) is 5.32 Å². The molecule has 10 heteroatoms. The van der Waals surface area contributed by atoms with E-state index < -0.39 is 26.6 Å². The molecule has 0 bridgehead atoms. The van der Waals surface area contributed by atoms with E-state index in [1.54, 1.807) is 0 Å². The van der Waals surface area contributed by atoms with Gasteiger partial charge in [-0.2, -0.15) is 0 Å². The average Bonchev–Trinajstić information content (AvgIpc) is 3.44. The van der Waals surface area contributed by atoms with Gasteiger partial charge in [-0.3, -0.25) is 14.2 Å². The van der Waals surface area contributed by atoms with Gasteiger partial charge in [0, 0.05) is 12.8 Å². The second-order valence-corrected chi connectivity index (χ2v) is 25.7. The van der Waals surface area contributed by atoms with Crippen molar-refractivity contribution in [2.75, 3.05) is 40.9 Å². The number of amides is 1. The molecule has 0 aliphatic heterocycles. The molecule has 81 heavy (non-hydrogen) atoms.